The SMILES string of the molecule is CC(C)(C)NC(=O)[C@H](Cc1ccccc1)N(Cc1ccc(Br)cc1)C(=O)CN(c1cccc(Cl)c1Cl)S(=O)(=O)c1ccccc1. The summed E-state index contributed by atoms with van der Waals surface area (Å²) >= 11 is 16.3. The zero-order valence-corrected chi connectivity index (χ0v) is 29.0. The van der Waals surface area contributed by atoms with E-state index in [1.54, 1.807) is 24.3 Å². The second kappa shape index (κ2) is 14.8. The molecule has 236 valence electrons. The maximum Gasteiger partial charge on any atom is 0.264 e. The predicted octanol–water partition coefficient (Wildman–Crippen LogP) is 7.51. The van der Waals surface area contributed by atoms with Crippen LogP contribution in [-0.4, -0.2) is 43.3 Å². The molecule has 0 radical (unpaired) electrons. The van der Waals surface area contributed by atoms with Gasteiger partial charge in [0.15, 0.2) is 0 Å². The van der Waals surface area contributed by atoms with Crippen LogP contribution in [0.5, 0.6) is 0 Å². The molecule has 1 atom stereocenters. The number of nitrogens with zero attached hydrogens (tertiary/aromatic N) is 2. The molecule has 1 N–H and O–H groups in total. The Labute approximate surface area is 283 Å². The minimum Gasteiger partial charge on any atom is -0.350 e. The van der Waals surface area contributed by atoms with E-state index in [1.807, 2.05) is 75.4 Å². The fourth-order valence-electron chi connectivity index (χ4n) is 4.71. The van der Waals surface area contributed by atoms with Crippen molar-refractivity contribution in [2.45, 2.75) is 50.2 Å². The number of anilines is 1. The number of amides is 2. The van der Waals surface area contributed by atoms with Crippen molar-refractivity contribution in [1.29, 1.82) is 0 Å². The molecule has 45 heavy (non-hydrogen) atoms. The largest absolute Gasteiger partial charge is 0.350 e. The lowest BCUT2D eigenvalue weighted by Crippen LogP contribution is -2.56. The van der Waals surface area contributed by atoms with Gasteiger partial charge in [0.25, 0.3) is 10.0 Å². The van der Waals surface area contributed by atoms with Crippen molar-refractivity contribution in [2.24, 2.45) is 0 Å². The van der Waals surface area contributed by atoms with Gasteiger partial charge in [0.05, 0.1) is 20.6 Å². The van der Waals surface area contributed by atoms with Gasteiger partial charge in [0.2, 0.25) is 11.8 Å². The van der Waals surface area contributed by atoms with Crippen molar-refractivity contribution in [3.05, 3.63) is 129 Å². The van der Waals surface area contributed by atoms with E-state index in [4.69, 9.17) is 23.2 Å². The van der Waals surface area contributed by atoms with Crippen LogP contribution in [0.2, 0.25) is 10.0 Å². The third kappa shape index (κ3) is 9.10. The highest BCUT2D eigenvalue weighted by Gasteiger charge is 2.36. The van der Waals surface area contributed by atoms with E-state index in [2.05, 4.69) is 21.2 Å². The molecule has 4 aromatic rings. The number of nitrogens with one attached hydrogen (secondary N) is 1. The van der Waals surface area contributed by atoms with Crippen LogP contribution >= 0.6 is 39.1 Å². The van der Waals surface area contributed by atoms with Crippen molar-refractivity contribution in [3.8, 4) is 0 Å². The Morgan fingerprint density at radius 3 is 2.02 bits per heavy atom. The molecule has 0 bridgehead atoms. The normalized spacial score (nSPS) is 12.3. The Morgan fingerprint density at radius 1 is 0.822 bits per heavy atom. The number of halogens is 3. The molecule has 0 spiro atoms. The standard InChI is InChI=1S/C34H34BrCl2N3O4S/c1-34(2,3)38-33(42)30(21-24-11-6-4-7-12-24)39(22-25-17-19-26(35)20-18-25)31(41)23-40(29-16-10-15-28(36)32(29)37)45(43,44)27-13-8-5-9-14-27/h4-20,30H,21-23H2,1-3H3,(H,38,42)/t30-/m0/s1. The first kappa shape index (κ1) is 34.5. The molecular formula is C34H34BrCl2N3O4S. The van der Waals surface area contributed by atoms with Gasteiger partial charge in [-0.05, 0) is 68.3 Å². The van der Waals surface area contributed by atoms with Crippen molar-refractivity contribution in [1.82, 2.24) is 10.2 Å². The molecule has 11 heteroatoms. The van der Waals surface area contributed by atoms with Crippen LogP contribution in [0.4, 0.5) is 5.69 Å². The van der Waals surface area contributed by atoms with Gasteiger partial charge in [-0.1, -0.05) is 106 Å². The number of rotatable bonds is 11. The number of carbonyl (C=O) groups excluding carboxylic acids is 2. The van der Waals surface area contributed by atoms with Gasteiger partial charge < -0.3 is 10.2 Å². The summed E-state index contributed by atoms with van der Waals surface area (Å²) in [6.07, 6.45) is 0.203. The average Bonchev–Trinajstić information content (AvgIpc) is 3.00. The first-order valence-electron chi connectivity index (χ1n) is 14.2. The maximum atomic E-state index is 14.5. The van der Waals surface area contributed by atoms with Crippen LogP contribution in [0.25, 0.3) is 0 Å². The molecule has 0 saturated heterocycles. The van der Waals surface area contributed by atoms with E-state index in [9.17, 15) is 18.0 Å². The predicted molar refractivity (Wildman–Crippen MR) is 184 cm³/mol. The summed E-state index contributed by atoms with van der Waals surface area (Å²) in [5.74, 6) is -0.964. The topological polar surface area (TPSA) is 86.8 Å². The van der Waals surface area contributed by atoms with Crippen molar-refractivity contribution < 1.29 is 18.0 Å². The summed E-state index contributed by atoms with van der Waals surface area (Å²) in [4.78, 5) is 29.9. The third-order valence-electron chi connectivity index (χ3n) is 6.85. The molecule has 0 heterocycles. The van der Waals surface area contributed by atoms with Gasteiger partial charge in [-0.3, -0.25) is 13.9 Å². The molecule has 7 nitrogen and oxygen atoms in total. The Bertz CT molecular complexity index is 1730. The van der Waals surface area contributed by atoms with Crippen molar-refractivity contribution in [3.63, 3.8) is 0 Å². The van der Waals surface area contributed by atoms with E-state index in [1.165, 1.54) is 29.2 Å². The molecule has 0 aromatic heterocycles. The number of hydrogen-bond donors (Lipinski definition) is 1. The number of benzene rings is 4. The van der Waals surface area contributed by atoms with Gasteiger partial charge >= 0.3 is 0 Å². The molecular weight excluding hydrogens is 697 g/mol. The minimum atomic E-state index is -4.30. The third-order valence-corrected chi connectivity index (χ3v) is 9.96. The molecule has 4 aromatic carbocycles. The molecule has 2 amide bonds. The van der Waals surface area contributed by atoms with Gasteiger partial charge in [-0.25, -0.2) is 8.42 Å². The maximum absolute atomic E-state index is 14.5. The first-order chi connectivity index (χ1) is 21.3. The van der Waals surface area contributed by atoms with E-state index < -0.39 is 34.1 Å². The number of hydrogen-bond acceptors (Lipinski definition) is 4. The zero-order valence-electron chi connectivity index (χ0n) is 25.1. The molecule has 4 rings (SSSR count). The van der Waals surface area contributed by atoms with E-state index in [-0.39, 0.29) is 39.5 Å². The summed E-state index contributed by atoms with van der Waals surface area (Å²) in [6, 6.07) is 28.2. The Balaban J connectivity index is 1.84. The molecule has 0 aliphatic carbocycles. The summed E-state index contributed by atoms with van der Waals surface area (Å²) in [7, 11) is -4.30. The molecule has 0 aliphatic heterocycles. The molecule has 0 saturated carbocycles. The monoisotopic (exact) mass is 729 g/mol. The fourth-order valence-corrected chi connectivity index (χ4v) is 6.87. The molecule has 0 unspecified atom stereocenters. The summed E-state index contributed by atoms with van der Waals surface area (Å²) < 4.78 is 30.0. The molecule has 0 fully saturated rings. The smallest absolute Gasteiger partial charge is 0.264 e. The number of carbonyl (C=O) groups is 2. The highest BCUT2D eigenvalue weighted by atomic mass is 79.9. The Hall–Kier alpha value is -3.37. The highest BCUT2D eigenvalue weighted by molar-refractivity contribution is 9.10. The lowest BCUT2D eigenvalue weighted by atomic mass is 10.0. The van der Waals surface area contributed by atoms with E-state index >= 15 is 0 Å². The molecule has 0 aliphatic rings. The van der Waals surface area contributed by atoms with Gasteiger partial charge in [0.1, 0.15) is 12.6 Å². The van der Waals surface area contributed by atoms with E-state index in [0.29, 0.717) is 0 Å². The summed E-state index contributed by atoms with van der Waals surface area (Å²) in [5, 5.41) is 3.13. The van der Waals surface area contributed by atoms with Crippen LogP contribution < -0.4 is 9.62 Å². The van der Waals surface area contributed by atoms with Crippen molar-refractivity contribution >= 4 is 66.7 Å². The van der Waals surface area contributed by atoms with E-state index in [0.717, 1.165) is 19.9 Å². The summed E-state index contributed by atoms with van der Waals surface area (Å²) in [6.45, 7) is 4.99. The Morgan fingerprint density at radius 2 is 1.42 bits per heavy atom. The van der Waals surface area contributed by atoms with Crippen LogP contribution in [0.15, 0.2) is 112 Å². The average molecular weight is 732 g/mol. The quantitative estimate of drug-likeness (QED) is 0.173. The number of sulfonamides is 1. The lowest BCUT2D eigenvalue weighted by molar-refractivity contribution is -0.140. The second-order valence-corrected chi connectivity index (χ2v) is 15.1. The fraction of sp³-hybridized carbons (Fsp3) is 0.235. The summed E-state index contributed by atoms with van der Waals surface area (Å²) in [5.41, 5.74) is 1.05. The first-order valence-corrected chi connectivity index (χ1v) is 17.2. The van der Waals surface area contributed by atoms with Gasteiger partial charge in [0, 0.05) is 23.0 Å². The van der Waals surface area contributed by atoms with Crippen LogP contribution in [0.1, 0.15) is 31.9 Å². The lowest BCUT2D eigenvalue weighted by Gasteiger charge is -2.35. The van der Waals surface area contributed by atoms with Crippen LogP contribution in [0.3, 0.4) is 0 Å². The minimum absolute atomic E-state index is 0.0164. The highest BCUT2D eigenvalue weighted by Crippen LogP contribution is 2.35. The second-order valence-electron chi connectivity index (χ2n) is 11.5. The van der Waals surface area contributed by atoms with Crippen LogP contribution in [0, 0.1) is 0 Å². The van der Waals surface area contributed by atoms with Crippen LogP contribution in [-0.2, 0) is 32.6 Å². The van der Waals surface area contributed by atoms with Gasteiger partial charge in [-0.2, -0.15) is 0 Å². The van der Waals surface area contributed by atoms with Gasteiger partial charge in [-0.15, -0.1) is 0 Å². The van der Waals surface area contributed by atoms with Crippen molar-refractivity contribution in [2.75, 3.05) is 10.8 Å². The zero-order chi connectivity index (χ0) is 32.8. The Kier molecular flexibility index (Phi) is 11.4.